The zero-order valence-corrected chi connectivity index (χ0v) is 25.2. The molecule has 0 radical (unpaired) electrons. The molecule has 10 N–H and O–H groups in total. The lowest BCUT2D eigenvalue weighted by Crippen LogP contribution is -2.58. The summed E-state index contributed by atoms with van der Waals surface area (Å²) in [6.07, 6.45) is 6.07. The molecule has 1 heterocycles. The third kappa shape index (κ3) is 11.5. The summed E-state index contributed by atoms with van der Waals surface area (Å²) in [5.41, 5.74) is 13.6. The summed E-state index contributed by atoms with van der Waals surface area (Å²) in [5.74, 6) is -3.96. The van der Waals surface area contributed by atoms with Gasteiger partial charge in [0.1, 0.15) is 18.1 Å². The molecule has 43 heavy (non-hydrogen) atoms. The quantitative estimate of drug-likeness (QED) is 0.0935. The fourth-order valence-corrected chi connectivity index (χ4v) is 4.68. The highest BCUT2D eigenvalue weighted by Crippen LogP contribution is 2.19. The number of H-pyrrole nitrogens is 1. The number of nitrogens with one attached hydrogen (secondary N) is 4. The summed E-state index contributed by atoms with van der Waals surface area (Å²) in [6, 6.07) is 2.42. The second-order valence-corrected chi connectivity index (χ2v) is 11.1. The van der Waals surface area contributed by atoms with Crippen LogP contribution in [0.3, 0.4) is 0 Å². The Morgan fingerprint density at radius 3 is 2.14 bits per heavy atom. The standard InChI is InChI=1S/C29H40N6O7S/c1-16(8-9-17(2)36)12-23(34-27(40)20(30)10-11-43-3)28(41)35-24(14-25(37)38)29(42)33-22(26(31)39)13-18-15-32-21-7-5-4-6-19(18)21/h4-9,15,20,22-24,32,36H,10-14,30H2,1-3H3,(H2,31,39)(H,33,42)(H,34,40)(H,35,41)(H,37,38)/b16-8+,17-9+/t20-,22-,23-,24+/m0/s1. The SMILES string of the molecule is CSCC[C@H](N)C(=O)N[C@@H](C/C(C)=C/C=C(\C)O)C(=O)N[C@H](CC(=O)O)C(=O)N[C@@H](Cc1c[nH]c2ccccc12)C(N)=O. The van der Waals surface area contributed by atoms with E-state index in [1.807, 2.05) is 30.5 Å². The molecule has 2 rings (SSSR count). The van der Waals surface area contributed by atoms with E-state index in [1.165, 1.54) is 24.8 Å². The minimum Gasteiger partial charge on any atom is -0.513 e. The number of fused-ring (bicyclic) bond motifs is 1. The third-order valence-electron chi connectivity index (χ3n) is 6.51. The van der Waals surface area contributed by atoms with E-state index >= 15 is 0 Å². The van der Waals surface area contributed by atoms with Crippen molar-refractivity contribution in [2.24, 2.45) is 11.5 Å². The largest absolute Gasteiger partial charge is 0.513 e. The summed E-state index contributed by atoms with van der Waals surface area (Å²) < 4.78 is 0. The Balaban J connectivity index is 2.26. The smallest absolute Gasteiger partial charge is 0.305 e. The van der Waals surface area contributed by atoms with Crippen LogP contribution in [-0.2, 0) is 30.4 Å². The molecule has 4 atom stereocenters. The van der Waals surface area contributed by atoms with Crippen molar-refractivity contribution in [3.63, 3.8) is 0 Å². The monoisotopic (exact) mass is 616 g/mol. The van der Waals surface area contributed by atoms with E-state index in [0.717, 1.165) is 10.9 Å². The topological polar surface area (TPSA) is 230 Å². The van der Waals surface area contributed by atoms with Crippen molar-refractivity contribution in [3.05, 3.63) is 59.5 Å². The highest BCUT2D eigenvalue weighted by Gasteiger charge is 2.31. The number of aliphatic carboxylic acids is 1. The number of aliphatic hydroxyl groups excluding tert-OH is 1. The molecule has 0 saturated carbocycles. The van der Waals surface area contributed by atoms with E-state index < -0.39 is 60.2 Å². The van der Waals surface area contributed by atoms with Crippen LogP contribution in [0.4, 0.5) is 0 Å². The molecule has 14 heteroatoms. The number of para-hydroxylation sites is 1. The lowest BCUT2D eigenvalue weighted by atomic mass is 10.0. The number of nitrogens with two attached hydrogens (primary N) is 2. The van der Waals surface area contributed by atoms with Crippen LogP contribution < -0.4 is 27.4 Å². The van der Waals surface area contributed by atoms with Gasteiger partial charge in [0, 0.05) is 23.5 Å². The Hall–Kier alpha value is -4.30. The summed E-state index contributed by atoms with van der Waals surface area (Å²) in [6.45, 7) is 3.14. The van der Waals surface area contributed by atoms with Gasteiger partial charge in [0.05, 0.1) is 18.2 Å². The van der Waals surface area contributed by atoms with E-state index in [0.29, 0.717) is 23.3 Å². The van der Waals surface area contributed by atoms with Gasteiger partial charge in [-0.3, -0.25) is 24.0 Å². The maximum Gasteiger partial charge on any atom is 0.305 e. The normalized spacial score (nSPS) is 14.8. The molecule has 0 aliphatic heterocycles. The van der Waals surface area contributed by atoms with E-state index in [9.17, 15) is 34.2 Å². The second kappa shape index (κ2) is 17.0. The molecule has 13 nitrogen and oxygen atoms in total. The van der Waals surface area contributed by atoms with Gasteiger partial charge in [-0.2, -0.15) is 11.8 Å². The fraction of sp³-hybridized carbons (Fsp3) is 0.414. The number of carbonyl (C=O) groups is 5. The molecule has 0 aliphatic carbocycles. The number of rotatable bonds is 17. The molecule has 0 aliphatic rings. The maximum atomic E-state index is 13.4. The van der Waals surface area contributed by atoms with Gasteiger partial charge < -0.3 is 42.6 Å². The number of hydrogen-bond acceptors (Lipinski definition) is 8. The Bertz CT molecular complexity index is 1370. The van der Waals surface area contributed by atoms with Crippen molar-refractivity contribution in [1.82, 2.24) is 20.9 Å². The average molecular weight is 617 g/mol. The van der Waals surface area contributed by atoms with Crippen molar-refractivity contribution in [3.8, 4) is 0 Å². The molecule has 0 spiro atoms. The molecule has 0 unspecified atom stereocenters. The van der Waals surface area contributed by atoms with E-state index in [4.69, 9.17) is 11.5 Å². The maximum absolute atomic E-state index is 13.4. The molecule has 4 amide bonds. The van der Waals surface area contributed by atoms with Gasteiger partial charge in [0.2, 0.25) is 23.6 Å². The third-order valence-corrected chi connectivity index (χ3v) is 7.15. The van der Waals surface area contributed by atoms with Gasteiger partial charge in [0.25, 0.3) is 0 Å². The number of allylic oxidation sites excluding steroid dienone is 3. The molecule has 234 valence electrons. The molecule has 1 aromatic carbocycles. The lowest BCUT2D eigenvalue weighted by molar-refractivity contribution is -0.141. The predicted octanol–water partition coefficient (Wildman–Crippen LogP) is 1.00. The first-order valence-electron chi connectivity index (χ1n) is 13.6. The predicted molar refractivity (Wildman–Crippen MR) is 165 cm³/mol. The minimum atomic E-state index is -1.59. The summed E-state index contributed by atoms with van der Waals surface area (Å²) >= 11 is 1.50. The van der Waals surface area contributed by atoms with E-state index in [-0.39, 0.29) is 18.6 Å². The van der Waals surface area contributed by atoms with Crippen LogP contribution >= 0.6 is 11.8 Å². The van der Waals surface area contributed by atoms with Crippen LogP contribution in [0, 0.1) is 0 Å². The first-order chi connectivity index (χ1) is 20.3. The highest BCUT2D eigenvalue weighted by atomic mass is 32.2. The van der Waals surface area contributed by atoms with E-state index in [2.05, 4.69) is 20.9 Å². The summed E-state index contributed by atoms with van der Waals surface area (Å²) in [4.78, 5) is 66.3. The number of thioether (sulfide) groups is 1. The molecule has 0 saturated heterocycles. The van der Waals surface area contributed by atoms with Crippen molar-refractivity contribution in [2.75, 3.05) is 12.0 Å². The van der Waals surface area contributed by atoms with Crippen LogP contribution in [0.5, 0.6) is 0 Å². The van der Waals surface area contributed by atoms with Gasteiger partial charge in [-0.25, -0.2) is 0 Å². The molecular weight excluding hydrogens is 576 g/mol. The number of aromatic nitrogens is 1. The van der Waals surface area contributed by atoms with Crippen molar-refractivity contribution < 1.29 is 34.2 Å². The first-order valence-corrected chi connectivity index (χ1v) is 15.0. The number of benzene rings is 1. The number of aliphatic hydroxyl groups is 1. The number of carboxylic acid groups (broad SMARTS) is 1. The van der Waals surface area contributed by atoms with Gasteiger partial charge in [-0.15, -0.1) is 0 Å². The first kappa shape index (κ1) is 34.9. The number of amides is 4. The average Bonchev–Trinajstić information content (AvgIpc) is 3.35. The molecule has 1 aromatic heterocycles. The van der Waals surface area contributed by atoms with Crippen molar-refractivity contribution in [2.45, 2.75) is 63.7 Å². The Labute approximate surface area is 253 Å². The van der Waals surface area contributed by atoms with E-state index in [1.54, 1.807) is 19.2 Å². The Kier molecular flexibility index (Phi) is 13.8. The van der Waals surface area contributed by atoms with Gasteiger partial charge in [0.15, 0.2) is 0 Å². The summed E-state index contributed by atoms with van der Waals surface area (Å²) in [7, 11) is 0. The van der Waals surface area contributed by atoms with Gasteiger partial charge >= 0.3 is 5.97 Å². The molecule has 0 bridgehead atoms. The molecular formula is C29H40N6O7S. The Morgan fingerprint density at radius 1 is 0.930 bits per heavy atom. The van der Waals surface area contributed by atoms with Crippen molar-refractivity contribution in [1.29, 1.82) is 0 Å². The second-order valence-electron chi connectivity index (χ2n) is 10.2. The van der Waals surface area contributed by atoms with Crippen molar-refractivity contribution >= 4 is 52.3 Å². The molecule has 2 aromatic rings. The van der Waals surface area contributed by atoms with Gasteiger partial charge in [-0.05, 0) is 56.4 Å². The van der Waals surface area contributed by atoms with Gasteiger partial charge in [-0.1, -0.05) is 29.8 Å². The Morgan fingerprint density at radius 2 is 1.53 bits per heavy atom. The fourth-order valence-electron chi connectivity index (χ4n) is 4.19. The zero-order chi connectivity index (χ0) is 32.1. The van der Waals surface area contributed by atoms with Crippen LogP contribution in [0.25, 0.3) is 10.9 Å². The van der Waals surface area contributed by atoms with Crippen LogP contribution in [-0.4, -0.2) is 81.0 Å². The highest BCUT2D eigenvalue weighted by molar-refractivity contribution is 7.98. The van der Waals surface area contributed by atoms with Crippen LogP contribution in [0.15, 0.2) is 53.9 Å². The number of carbonyl (C=O) groups excluding carboxylic acids is 4. The van der Waals surface area contributed by atoms with Crippen LogP contribution in [0.1, 0.15) is 38.7 Å². The number of primary amides is 1. The summed E-state index contributed by atoms with van der Waals surface area (Å²) in [5, 5.41) is 27.2. The van der Waals surface area contributed by atoms with Crippen LogP contribution in [0.2, 0.25) is 0 Å². The molecule has 0 fully saturated rings. The zero-order valence-electron chi connectivity index (χ0n) is 24.4. The number of carboxylic acids is 1. The minimum absolute atomic E-state index is 0.0211. The number of hydrogen-bond donors (Lipinski definition) is 8. The lowest BCUT2D eigenvalue weighted by Gasteiger charge is -2.25. The number of aromatic amines is 1.